The molecule has 0 aliphatic heterocycles. The van der Waals surface area contributed by atoms with Crippen molar-refractivity contribution < 1.29 is 17.4 Å². The minimum atomic E-state index is -3.76. The molecule has 184 valence electrons. The number of hydrogen-bond acceptors (Lipinski definition) is 7. The van der Waals surface area contributed by atoms with Gasteiger partial charge in [-0.1, -0.05) is 17.7 Å². The number of nitrogens with zero attached hydrogens (tertiary/aromatic N) is 4. The third kappa shape index (κ3) is 5.18. The topological polar surface area (TPSA) is 94.4 Å². The molecule has 1 fully saturated rings. The number of anilines is 1. The summed E-state index contributed by atoms with van der Waals surface area (Å²) in [6.45, 7) is 2.46. The van der Waals surface area contributed by atoms with Crippen molar-refractivity contribution in [1.82, 2.24) is 13.9 Å². The molecular formula is C24H32N4O4S2. The number of fused-ring (bicyclic) bond motifs is 1. The van der Waals surface area contributed by atoms with Crippen LogP contribution in [0.4, 0.5) is 5.82 Å². The Morgan fingerprint density at radius 2 is 1.82 bits per heavy atom. The van der Waals surface area contributed by atoms with Crippen molar-refractivity contribution in [2.24, 2.45) is 5.92 Å². The molecule has 3 aromatic rings. The molecule has 0 N–H and O–H groups in total. The van der Waals surface area contributed by atoms with Crippen molar-refractivity contribution in [3.05, 3.63) is 48.4 Å². The second kappa shape index (κ2) is 10.5. The van der Waals surface area contributed by atoms with Crippen molar-refractivity contribution >= 4 is 37.7 Å². The number of benzene rings is 1. The van der Waals surface area contributed by atoms with E-state index in [9.17, 15) is 12.6 Å². The Morgan fingerprint density at radius 3 is 2.50 bits per heavy atom. The number of methoxy groups -OCH3 is 1. The third-order valence-corrected chi connectivity index (χ3v) is 9.79. The summed E-state index contributed by atoms with van der Waals surface area (Å²) in [6.07, 6.45) is 6.99. The standard InChI is InChI=1S/C24H32N4O4S2/c1-18-4-10-21(11-5-18)34(30,31)28-13-12-22-23(25-17-26-24(22)28)27(2)20-8-6-19(7-9-20)16-33(29)15-14-32-3/h4-5,10-13,17,19-20H,6-9,14-16H2,1-3H3. The van der Waals surface area contributed by atoms with E-state index in [2.05, 4.69) is 14.9 Å². The van der Waals surface area contributed by atoms with Crippen LogP contribution < -0.4 is 4.90 Å². The first-order chi connectivity index (χ1) is 16.3. The molecular weight excluding hydrogens is 472 g/mol. The summed E-state index contributed by atoms with van der Waals surface area (Å²) >= 11 is 0. The predicted octanol–water partition coefficient (Wildman–Crippen LogP) is 3.37. The molecule has 1 aromatic carbocycles. The number of aryl methyl sites for hydroxylation is 1. The van der Waals surface area contributed by atoms with E-state index in [1.807, 2.05) is 14.0 Å². The van der Waals surface area contributed by atoms with Gasteiger partial charge in [0.2, 0.25) is 0 Å². The minimum Gasteiger partial charge on any atom is -0.384 e. The molecule has 0 spiro atoms. The van der Waals surface area contributed by atoms with Crippen LogP contribution in [0.1, 0.15) is 31.2 Å². The molecule has 10 heteroatoms. The molecule has 0 amide bonds. The van der Waals surface area contributed by atoms with Crippen molar-refractivity contribution in [2.75, 3.05) is 37.2 Å². The first-order valence-corrected chi connectivity index (χ1v) is 14.4. The first kappa shape index (κ1) is 24.8. The van der Waals surface area contributed by atoms with Gasteiger partial charge in [-0.15, -0.1) is 0 Å². The smallest absolute Gasteiger partial charge is 0.269 e. The fraction of sp³-hybridized carbons (Fsp3) is 0.500. The summed E-state index contributed by atoms with van der Waals surface area (Å²) in [7, 11) is -0.955. The monoisotopic (exact) mass is 504 g/mol. The van der Waals surface area contributed by atoms with E-state index in [1.54, 1.807) is 43.6 Å². The van der Waals surface area contributed by atoms with Gasteiger partial charge < -0.3 is 9.64 Å². The lowest BCUT2D eigenvalue weighted by atomic mass is 9.86. The van der Waals surface area contributed by atoms with Gasteiger partial charge in [0.15, 0.2) is 5.65 Å². The molecule has 34 heavy (non-hydrogen) atoms. The van der Waals surface area contributed by atoms with E-state index in [0.717, 1.165) is 42.8 Å². The highest BCUT2D eigenvalue weighted by Gasteiger charge is 2.28. The maximum Gasteiger partial charge on any atom is 0.269 e. The fourth-order valence-corrected chi connectivity index (χ4v) is 7.29. The van der Waals surface area contributed by atoms with Gasteiger partial charge in [-0.25, -0.2) is 22.4 Å². The summed E-state index contributed by atoms with van der Waals surface area (Å²) in [5.41, 5.74) is 1.37. The Bertz CT molecular complexity index is 1250. The number of hydrogen-bond donors (Lipinski definition) is 0. The Hall–Kier alpha value is -2.30. The van der Waals surface area contributed by atoms with E-state index in [-0.39, 0.29) is 4.90 Å². The van der Waals surface area contributed by atoms with Crippen LogP contribution in [0.3, 0.4) is 0 Å². The number of aromatic nitrogens is 3. The maximum absolute atomic E-state index is 13.2. The van der Waals surface area contributed by atoms with Crippen LogP contribution in [-0.4, -0.2) is 64.9 Å². The van der Waals surface area contributed by atoms with Gasteiger partial charge in [0, 0.05) is 48.7 Å². The minimum absolute atomic E-state index is 0.227. The molecule has 2 aromatic heterocycles. The number of ether oxygens (including phenoxy) is 1. The molecule has 1 aliphatic carbocycles. The molecule has 0 radical (unpaired) electrons. The van der Waals surface area contributed by atoms with Gasteiger partial charge in [0.05, 0.1) is 16.9 Å². The van der Waals surface area contributed by atoms with Crippen LogP contribution in [-0.2, 0) is 25.6 Å². The molecule has 2 heterocycles. The quantitative estimate of drug-likeness (QED) is 0.441. The maximum atomic E-state index is 13.2. The fourth-order valence-electron chi connectivity index (χ4n) is 4.61. The summed E-state index contributed by atoms with van der Waals surface area (Å²) in [5, 5.41) is 0.712. The summed E-state index contributed by atoms with van der Waals surface area (Å²) in [4.78, 5) is 11.2. The highest BCUT2D eigenvalue weighted by Crippen LogP contribution is 2.33. The van der Waals surface area contributed by atoms with Gasteiger partial charge in [-0.05, 0) is 56.7 Å². The zero-order valence-electron chi connectivity index (χ0n) is 19.9. The van der Waals surface area contributed by atoms with Crippen LogP contribution in [0.25, 0.3) is 11.0 Å². The van der Waals surface area contributed by atoms with Crippen molar-refractivity contribution in [3.63, 3.8) is 0 Å². The predicted molar refractivity (Wildman–Crippen MR) is 135 cm³/mol. The largest absolute Gasteiger partial charge is 0.384 e. The Balaban J connectivity index is 1.51. The second-order valence-electron chi connectivity index (χ2n) is 8.95. The third-order valence-electron chi connectivity index (χ3n) is 6.64. The lowest BCUT2D eigenvalue weighted by Crippen LogP contribution is -2.36. The van der Waals surface area contributed by atoms with E-state index in [0.29, 0.717) is 35.4 Å². The molecule has 8 nitrogen and oxygen atoms in total. The van der Waals surface area contributed by atoms with Gasteiger partial charge in [0.25, 0.3) is 10.0 Å². The van der Waals surface area contributed by atoms with E-state index < -0.39 is 20.8 Å². The normalized spacial score (nSPS) is 19.9. The molecule has 0 saturated heterocycles. The molecule has 1 saturated carbocycles. The van der Waals surface area contributed by atoms with Gasteiger partial charge in [0.1, 0.15) is 12.1 Å². The van der Waals surface area contributed by atoms with Crippen molar-refractivity contribution in [3.8, 4) is 0 Å². The van der Waals surface area contributed by atoms with Crippen LogP contribution >= 0.6 is 0 Å². The average Bonchev–Trinajstić information content (AvgIpc) is 3.28. The lowest BCUT2D eigenvalue weighted by Gasteiger charge is -2.35. The Morgan fingerprint density at radius 1 is 1.12 bits per heavy atom. The summed E-state index contributed by atoms with van der Waals surface area (Å²) in [5.74, 6) is 2.53. The summed E-state index contributed by atoms with van der Waals surface area (Å²) in [6, 6.07) is 8.87. The van der Waals surface area contributed by atoms with E-state index in [1.165, 1.54) is 10.3 Å². The average molecular weight is 505 g/mol. The first-order valence-electron chi connectivity index (χ1n) is 11.5. The van der Waals surface area contributed by atoms with E-state index >= 15 is 0 Å². The van der Waals surface area contributed by atoms with Gasteiger partial charge >= 0.3 is 0 Å². The van der Waals surface area contributed by atoms with Crippen LogP contribution in [0, 0.1) is 12.8 Å². The molecule has 1 unspecified atom stereocenters. The highest BCUT2D eigenvalue weighted by atomic mass is 32.2. The second-order valence-corrected chi connectivity index (χ2v) is 12.4. The number of rotatable bonds is 9. The van der Waals surface area contributed by atoms with Crippen LogP contribution in [0.5, 0.6) is 0 Å². The van der Waals surface area contributed by atoms with Crippen molar-refractivity contribution in [1.29, 1.82) is 0 Å². The summed E-state index contributed by atoms with van der Waals surface area (Å²) < 4.78 is 45.0. The molecule has 0 bridgehead atoms. The molecule has 1 aliphatic rings. The Kier molecular flexibility index (Phi) is 7.69. The Labute approximate surface area is 203 Å². The van der Waals surface area contributed by atoms with Crippen LogP contribution in [0.2, 0.25) is 0 Å². The zero-order valence-corrected chi connectivity index (χ0v) is 21.5. The van der Waals surface area contributed by atoms with Gasteiger partial charge in [-0.2, -0.15) is 0 Å². The van der Waals surface area contributed by atoms with Crippen LogP contribution in [0.15, 0.2) is 47.8 Å². The molecule has 4 rings (SSSR count). The van der Waals surface area contributed by atoms with Gasteiger partial charge in [-0.3, -0.25) is 4.21 Å². The lowest BCUT2D eigenvalue weighted by molar-refractivity contribution is 0.218. The zero-order chi connectivity index (χ0) is 24.3. The van der Waals surface area contributed by atoms with E-state index in [4.69, 9.17) is 4.74 Å². The molecule has 1 atom stereocenters. The SMILES string of the molecule is COCCS(=O)CC1CCC(N(C)c2ncnc3c2ccn3S(=O)(=O)c2ccc(C)cc2)CC1. The van der Waals surface area contributed by atoms with Crippen molar-refractivity contribution in [2.45, 2.75) is 43.5 Å². The highest BCUT2D eigenvalue weighted by molar-refractivity contribution is 7.90.